The maximum atomic E-state index is 12.5. The van der Waals surface area contributed by atoms with Gasteiger partial charge in [0.25, 0.3) is 5.91 Å². The Morgan fingerprint density at radius 2 is 2.03 bits per heavy atom. The molecule has 1 amide bonds. The molecule has 1 aliphatic heterocycles. The summed E-state index contributed by atoms with van der Waals surface area (Å²) in [6.45, 7) is 12.6. The first-order valence-corrected chi connectivity index (χ1v) is 11.0. The maximum absolute atomic E-state index is 12.5. The van der Waals surface area contributed by atoms with Crippen LogP contribution in [0.4, 0.5) is 0 Å². The van der Waals surface area contributed by atoms with Crippen LogP contribution in [0.3, 0.4) is 0 Å². The monoisotopic (exact) mass is 406 g/mol. The van der Waals surface area contributed by atoms with E-state index in [4.69, 9.17) is 4.74 Å². The maximum Gasteiger partial charge on any atom is 0.261 e. The van der Waals surface area contributed by atoms with Crippen molar-refractivity contribution in [3.8, 4) is 5.75 Å². The molecule has 4 heteroatoms. The van der Waals surface area contributed by atoms with Gasteiger partial charge in [0.05, 0.1) is 6.04 Å². The number of rotatable bonds is 9. The third-order valence-corrected chi connectivity index (χ3v) is 5.55. The highest BCUT2D eigenvalue weighted by atomic mass is 16.5. The van der Waals surface area contributed by atoms with E-state index in [0.717, 1.165) is 25.3 Å². The van der Waals surface area contributed by atoms with Crippen molar-refractivity contribution < 1.29 is 9.53 Å². The summed E-state index contributed by atoms with van der Waals surface area (Å²) in [6, 6.07) is 17.0. The summed E-state index contributed by atoms with van der Waals surface area (Å²) in [5.41, 5.74) is 3.86. The van der Waals surface area contributed by atoms with Gasteiger partial charge in [-0.3, -0.25) is 9.69 Å². The largest absolute Gasteiger partial charge is 0.481 e. The summed E-state index contributed by atoms with van der Waals surface area (Å²) < 4.78 is 6.15. The second-order valence-corrected chi connectivity index (χ2v) is 8.36. The van der Waals surface area contributed by atoms with E-state index in [2.05, 4.69) is 67.0 Å². The molecule has 0 radical (unpaired) electrons. The van der Waals surface area contributed by atoms with Gasteiger partial charge in [0.15, 0.2) is 6.10 Å². The lowest BCUT2D eigenvalue weighted by molar-refractivity contribution is -0.128. The minimum absolute atomic E-state index is 0.0446. The SMILES string of the molecule is C=CCN1CCc2ccc(OC(CC)C(=O)NCC(C)C)cc2C1c1ccccc1. The van der Waals surface area contributed by atoms with Gasteiger partial charge in [0, 0.05) is 19.6 Å². The highest BCUT2D eigenvalue weighted by molar-refractivity contribution is 5.81. The van der Waals surface area contributed by atoms with Crippen molar-refractivity contribution in [3.63, 3.8) is 0 Å². The second kappa shape index (κ2) is 10.4. The van der Waals surface area contributed by atoms with Gasteiger partial charge in [-0.2, -0.15) is 0 Å². The van der Waals surface area contributed by atoms with Crippen LogP contribution in [-0.4, -0.2) is 36.5 Å². The number of ether oxygens (including phenoxy) is 1. The molecule has 1 N–H and O–H groups in total. The smallest absolute Gasteiger partial charge is 0.261 e. The second-order valence-electron chi connectivity index (χ2n) is 8.36. The van der Waals surface area contributed by atoms with E-state index >= 15 is 0 Å². The molecule has 3 rings (SSSR count). The van der Waals surface area contributed by atoms with Crippen LogP contribution in [0.1, 0.15) is 49.9 Å². The van der Waals surface area contributed by atoms with Crippen LogP contribution >= 0.6 is 0 Å². The van der Waals surface area contributed by atoms with Gasteiger partial charge in [0.1, 0.15) is 5.75 Å². The Hall–Kier alpha value is -2.59. The van der Waals surface area contributed by atoms with Gasteiger partial charge < -0.3 is 10.1 Å². The predicted octanol–water partition coefficient (Wildman–Crippen LogP) is 4.75. The summed E-state index contributed by atoms with van der Waals surface area (Å²) in [7, 11) is 0. The Labute approximate surface area is 180 Å². The van der Waals surface area contributed by atoms with Gasteiger partial charge in [-0.05, 0) is 47.6 Å². The molecule has 4 nitrogen and oxygen atoms in total. The first-order valence-electron chi connectivity index (χ1n) is 11.0. The molecule has 30 heavy (non-hydrogen) atoms. The molecule has 0 bridgehead atoms. The van der Waals surface area contributed by atoms with Crippen molar-refractivity contribution in [2.24, 2.45) is 5.92 Å². The molecule has 0 saturated carbocycles. The van der Waals surface area contributed by atoms with Crippen LogP contribution in [0.5, 0.6) is 5.75 Å². The first-order chi connectivity index (χ1) is 14.5. The number of hydrogen-bond acceptors (Lipinski definition) is 3. The molecule has 2 atom stereocenters. The molecule has 0 spiro atoms. The first kappa shape index (κ1) is 22.1. The third-order valence-electron chi connectivity index (χ3n) is 5.55. The lowest BCUT2D eigenvalue weighted by Gasteiger charge is -2.37. The molecule has 160 valence electrons. The molecule has 2 aromatic rings. The number of nitrogens with zero attached hydrogens (tertiary/aromatic N) is 1. The fraction of sp³-hybridized carbons (Fsp3) is 0.423. The van der Waals surface area contributed by atoms with E-state index in [1.807, 2.05) is 25.1 Å². The topological polar surface area (TPSA) is 41.6 Å². The highest BCUT2D eigenvalue weighted by Gasteiger charge is 2.29. The summed E-state index contributed by atoms with van der Waals surface area (Å²) in [4.78, 5) is 15.0. The number of hydrogen-bond donors (Lipinski definition) is 1. The minimum Gasteiger partial charge on any atom is -0.481 e. The summed E-state index contributed by atoms with van der Waals surface area (Å²) in [5.74, 6) is 1.12. The summed E-state index contributed by atoms with van der Waals surface area (Å²) in [5, 5.41) is 2.99. The van der Waals surface area contributed by atoms with Gasteiger partial charge >= 0.3 is 0 Å². The molecule has 1 heterocycles. The Morgan fingerprint density at radius 3 is 2.70 bits per heavy atom. The predicted molar refractivity (Wildman–Crippen MR) is 123 cm³/mol. The Kier molecular flexibility index (Phi) is 7.69. The fourth-order valence-corrected chi connectivity index (χ4v) is 4.01. The zero-order valence-corrected chi connectivity index (χ0v) is 18.4. The Balaban J connectivity index is 1.87. The van der Waals surface area contributed by atoms with Gasteiger partial charge in [-0.1, -0.05) is 63.2 Å². The quantitative estimate of drug-likeness (QED) is 0.611. The number of fused-ring (bicyclic) bond motifs is 1. The van der Waals surface area contributed by atoms with Crippen molar-refractivity contribution in [1.29, 1.82) is 0 Å². The van der Waals surface area contributed by atoms with Crippen LogP contribution in [0.25, 0.3) is 0 Å². The van der Waals surface area contributed by atoms with Gasteiger partial charge in [-0.15, -0.1) is 6.58 Å². The average Bonchev–Trinajstić information content (AvgIpc) is 2.76. The molecule has 0 fully saturated rings. The Bertz CT molecular complexity index is 847. The molecule has 0 saturated heterocycles. The van der Waals surface area contributed by atoms with Crippen LogP contribution in [0.2, 0.25) is 0 Å². The van der Waals surface area contributed by atoms with Crippen LogP contribution < -0.4 is 10.1 Å². The van der Waals surface area contributed by atoms with Crippen LogP contribution in [0.15, 0.2) is 61.2 Å². The van der Waals surface area contributed by atoms with Crippen molar-refractivity contribution >= 4 is 5.91 Å². The van der Waals surface area contributed by atoms with E-state index in [1.165, 1.54) is 16.7 Å². The standard InChI is InChI=1S/C26H34N2O2/c1-5-15-28-16-14-20-12-13-22(30-24(6-2)26(29)27-18-19(3)4)17-23(20)25(28)21-10-8-7-9-11-21/h5,7-13,17,19,24-25H,1,6,14-16,18H2,2-4H3,(H,27,29). The van der Waals surface area contributed by atoms with E-state index in [1.54, 1.807) is 0 Å². The van der Waals surface area contributed by atoms with Crippen molar-refractivity contribution in [2.75, 3.05) is 19.6 Å². The van der Waals surface area contributed by atoms with E-state index in [9.17, 15) is 4.79 Å². The van der Waals surface area contributed by atoms with Gasteiger partial charge in [-0.25, -0.2) is 0 Å². The minimum atomic E-state index is -0.482. The molecular weight excluding hydrogens is 372 g/mol. The lowest BCUT2D eigenvalue weighted by atomic mass is 9.88. The molecule has 1 aliphatic rings. The lowest BCUT2D eigenvalue weighted by Crippen LogP contribution is -2.39. The number of carbonyl (C=O) groups excluding carboxylic acids is 1. The number of nitrogens with one attached hydrogen (secondary N) is 1. The van der Waals surface area contributed by atoms with Crippen LogP contribution in [-0.2, 0) is 11.2 Å². The summed E-state index contributed by atoms with van der Waals surface area (Å²) >= 11 is 0. The molecule has 2 unspecified atom stereocenters. The molecule has 0 aromatic heterocycles. The fourth-order valence-electron chi connectivity index (χ4n) is 4.01. The van der Waals surface area contributed by atoms with E-state index in [0.29, 0.717) is 18.9 Å². The van der Waals surface area contributed by atoms with E-state index < -0.39 is 6.10 Å². The molecular formula is C26H34N2O2. The van der Waals surface area contributed by atoms with Crippen LogP contribution in [0, 0.1) is 5.92 Å². The summed E-state index contributed by atoms with van der Waals surface area (Å²) in [6.07, 6.45) is 3.11. The average molecular weight is 407 g/mol. The normalized spacial score (nSPS) is 17.3. The zero-order valence-electron chi connectivity index (χ0n) is 18.4. The highest BCUT2D eigenvalue weighted by Crippen LogP contribution is 2.37. The molecule has 2 aromatic carbocycles. The van der Waals surface area contributed by atoms with E-state index in [-0.39, 0.29) is 11.9 Å². The van der Waals surface area contributed by atoms with Crippen molar-refractivity contribution in [1.82, 2.24) is 10.2 Å². The number of amides is 1. The van der Waals surface area contributed by atoms with Crippen molar-refractivity contribution in [2.45, 2.75) is 45.8 Å². The number of benzene rings is 2. The number of carbonyl (C=O) groups is 1. The van der Waals surface area contributed by atoms with Gasteiger partial charge in [0.2, 0.25) is 0 Å². The third kappa shape index (κ3) is 5.31. The molecule has 0 aliphatic carbocycles. The zero-order chi connectivity index (χ0) is 21.5. The van der Waals surface area contributed by atoms with Crippen molar-refractivity contribution in [3.05, 3.63) is 77.9 Å². The Morgan fingerprint density at radius 1 is 1.27 bits per heavy atom.